The maximum Gasteiger partial charge on any atom is 0.226 e. The Balaban J connectivity index is 2.36. The second-order valence-corrected chi connectivity index (χ2v) is 4.30. The molecule has 1 heterocycles. The molecule has 1 aliphatic heterocycles. The van der Waals surface area contributed by atoms with Gasteiger partial charge in [-0.15, -0.1) is 0 Å². The minimum absolute atomic E-state index is 0.226. The van der Waals surface area contributed by atoms with E-state index in [1.165, 1.54) is 0 Å². The number of hydrogen-bond donors (Lipinski definition) is 1. The Kier molecular flexibility index (Phi) is 3.72. The lowest BCUT2D eigenvalue weighted by Crippen LogP contribution is -2.36. The van der Waals surface area contributed by atoms with Crippen LogP contribution in [0.4, 0.5) is 0 Å². The summed E-state index contributed by atoms with van der Waals surface area (Å²) in [6.07, 6.45) is 1.00. The van der Waals surface area contributed by atoms with E-state index in [1.807, 2.05) is 11.9 Å². The van der Waals surface area contributed by atoms with Gasteiger partial charge in [0.15, 0.2) is 0 Å². The van der Waals surface area contributed by atoms with Crippen LogP contribution in [-0.4, -0.2) is 37.5 Å². The lowest BCUT2D eigenvalue weighted by molar-refractivity contribution is -0.134. The van der Waals surface area contributed by atoms with Crippen molar-refractivity contribution in [3.63, 3.8) is 0 Å². The number of rotatable bonds is 3. The summed E-state index contributed by atoms with van der Waals surface area (Å²) >= 11 is 0. The molecule has 0 bridgehead atoms. The summed E-state index contributed by atoms with van der Waals surface area (Å²) in [7, 11) is 1.90. The van der Waals surface area contributed by atoms with E-state index in [0.717, 1.165) is 26.1 Å². The van der Waals surface area contributed by atoms with Crippen LogP contribution in [0.2, 0.25) is 0 Å². The minimum Gasteiger partial charge on any atom is -0.345 e. The van der Waals surface area contributed by atoms with Crippen molar-refractivity contribution in [3.8, 4) is 0 Å². The van der Waals surface area contributed by atoms with Crippen LogP contribution in [0.5, 0.6) is 0 Å². The van der Waals surface area contributed by atoms with Gasteiger partial charge in [-0.3, -0.25) is 4.79 Å². The quantitative estimate of drug-likeness (QED) is 0.700. The molecule has 0 aliphatic carbocycles. The second kappa shape index (κ2) is 4.61. The molecule has 0 radical (unpaired) electrons. The zero-order valence-electron chi connectivity index (χ0n) is 8.84. The molecule has 1 saturated heterocycles. The predicted molar refractivity (Wildman–Crippen MR) is 53.5 cm³/mol. The summed E-state index contributed by atoms with van der Waals surface area (Å²) in [6, 6.07) is 0. The molecule has 76 valence electrons. The zero-order chi connectivity index (χ0) is 9.84. The van der Waals surface area contributed by atoms with Gasteiger partial charge in [0.05, 0.1) is 5.92 Å². The third-order valence-corrected chi connectivity index (χ3v) is 2.42. The Morgan fingerprint density at radius 1 is 1.62 bits per heavy atom. The van der Waals surface area contributed by atoms with E-state index in [0.29, 0.717) is 11.8 Å². The van der Waals surface area contributed by atoms with Crippen LogP contribution in [0.15, 0.2) is 0 Å². The maximum absolute atomic E-state index is 11.8. The van der Waals surface area contributed by atoms with E-state index in [9.17, 15) is 4.79 Å². The monoisotopic (exact) mass is 184 g/mol. The zero-order valence-corrected chi connectivity index (χ0v) is 8.84. The van der Waals surface area contributed by atoms with E-state index >= 15 is 0 Å². The first-order valence-corrected chi connectivity index (χ1v) is 5.07. The van der Waals surface area contributed by atoms with Gasteiger partial charge in [-0.25, -0.2) is 0 Å². The molecule has 0 aromatic heterocycles. The fourth-order valence-electron chi connectivity index (χ4n) is 1.81. The van der Waals surface area contributed by atoms with Crippen LogP contribution in [0, 0.1) is 11.8 Å². The largest absolute Gasteiger partial charge is 0.345 e. The Morgan fingerprint density at radius 2 is 2.31 bits per heavy atom. The molecule has 0 spiro atoms. The topological polar surface area (TPSA) is 32.3 Å². The van der Waals surface area contributed by atoms with Gasteiger partial charge in [0.1, 0.15) is 0 Å². The molecular weight excluding hydrogens is 164 g/mol. The number of carbonyl (C=O) groups is 1. The highest BCUT2D eigenvalue weighted by atomic mass is 16.2. The van der Waals surface area contributed by atoms with E-state index < -0.39 is 0 Å². The minimum atomic E-state index is 0.226. The van der Waals surface area contributed by atoms with Crippen molar-refractivity contribution < 1.29 is 4.79 Å². The number of carbonyl (C=O) groups excluding carboxylic acids is 1. The summed E-state index contributed by atoms with van der Waals surface area (Å²) in [5, 5.41) is 3.21. The molecule has 1 unspecified atom stereocenters. The molecule has 0 aromatic rings. The average molecular weight is 184 g/mol. The summed E-state index contributed by atoms with van der Waals surface area (Å²) in [6.45, 7) is 7.00. The Bertz CT molecular complexity index is 174. The standard InChI is InChI=1S/C10H20N2O/c1-8(2)7-12(3)10(13)9-4-5-11-6-9/h8-9,11H,4-7H2,1-3H3. The van der Waals surface area contributed by atoms with Crippen LogP contribution in [0.25, 0.3) is 0 Å². The Labute approximate surface area is 80.5 Å². The van der Waals surface area contributed by atoms with Crippen molar-refractivity contribution in [2.75, 3.05) is 26.7 Å². The fourth-order valence-corrected chi connectivity index (χ4v) is 1.81. The highest BCUT2D eigenvalue weighted by Crippen LogP contribution is 2.11. The van der Waals surface area contributed by atoms with Gasteiger partial charge >= 0.3 is 0 Å². The van der Waals surface area contributed by atoms with E-state index in [-0.39, 0.29) is 5.92 Å². The normalized spacial score (nSPS) is 22.3. The van der Waals surface area contributed by atoms with E-state index in [4.69, 9.17) is 0 Å². The maximum atomic E-state index is 11.8. The van der Waals surface area contributed by atoms with Gasteiger partial charge in [0.25, 0.3) is 0 Å². The molecular formula is C10H20N2O. The lowest BCUT2D eigenvalue weighted by Gasteiger charge is -2.22. The van der Waals surface area contributed by atoms with Crippen molar-refractivity contribution >= 4 is 5.91 Å². The Morgan fingerprint density at radius 3 is 2.77 bits per heavy atom. The summed E-state index contributed by atoms with van der Waals surface area (Å²) in [5.74, 6) is 1.09. The van der Waals surface area contributed by atoms with Gasteiger partial charge < -0.3 is 10.2 Å². The molecule has 0 saturated carbocycles. The first-order chi connectivity index (χ1) is 6.11. The molecule has 1 aliphatic rings. The van der Waals surface area contributed by atoms with Crippen molar-refractivity contribution in [1.29, 1.82) is 0 Å². The summed E-state index contributed by atoms with van der Waals surface area (Å²) in [4.78, 5) is 13.6. The molecule has 0 aromatic carbocycles. The van der Waals surface area contributed by atoms with Crippen molar-refractivity contribution in [3.05, 3.63) is 0 Å². The third-order valence-electron chi connectivity index (χ3n) is 2.42. The highest BCUT2D eigenvalue weighted by Gasteiger charge is 2.25. The summed E-state index contributed by atoms with van der Waals surface area (Å²) < 4.78 is 0. The third kappa shape index (κ3) is 2.99. The highest BCUT2D eigenvalue weighted by molar-refractivity contribution is 5.79. The van der Waals surface area contributed by atoms with Gasteiger partial charge in [-0.05, 0) is 18.9 Å². The number of nitrogens with zero attached hydrogens (tertiary/aromatic N) is 1. The summed E-state index contributed by atoms with van der Waals surface area (Å²) in [5.41, 5.74) is 0. The van der Waals surface area contributed by atoms with E-state index in [2.05, 4.69) is 19.2 Å². The molecule has 1 atom stereocenters. The second-order valence-electron chi connectivity index (χ2n) is 4.30. The molecule has 3 heteroatoms. The van der Waals surface area contributed by atoms with Crippen molar-refractivity contribution in [2.45, 2.75) is 20.3 Å². The first kappa shape index (κ1) is 10.5. The van der Waals surface area contributed by atoms with Gasteiger partial charge in [-0.2, -0.15) is 0 Å². The average Bonchev–Trinajstić information content (AvgIpc) is 2.53. The molecule has 13 heavy (non-hydrogen) atoms. The molecule has 1 N–H and O–H groups in total. The molecule has 1 rings (SSSR count). The lowest BCUT2D eigenvalue weighted by atomic mass is 10.1. The predicted octanol–water partition coefficient (Wildman–Crippen LogP) is 0.710. The first-order valence-electron chi connectivity index (χ1n) is 5.07. The van der Waals surface area contributed by atoms with Gasteiger partial charge in [0.2, 0.25) is 5.91 Å². The number of hydrogen-bond acceptors (Lipinski definition) is 2. The van der Waals surface area contributed by atoms with Gasteiger partial charge in [-0.1, -0.05) is 13.8 Å². The number of nitrogens with one attached hydrogen (secondary N) is 1. The van der Waals surface area contributed by atoms with Crippen LogP contribution in [0.1, 0.15) is 20.3 Å². The Hall–Kier alpha value is -0.570. The van der Waals surface area contributed by atoms with E-state index in [1.54, 1.807) is 0 Å². The van der Waals surface area contributed by atoms with Crippen LogP contribution >= 0.6 is 0 Å². The van der Waals surface area contributed by atoms with Crippen molar-refractivity contribution in [2.24, 2.45) is 11.8 Å². The fraction of sp³-hybridized carbons (Fsp3) is 0.900. The molecule has 1 amide bonds. The van der Waals surface area contributed by atoms with Crippen LogP contribution in [0.3, 0.4) is 0 Å². The smallest absolute Gasteiger partial charge is 0.226 e. The van der Waals surface area contributed by atoms with Crippen molar-refractivity contribution in [1.82, 2.24) is 10.2 Å². The molecule has 1 fully saturated rings. The SMILES string of the molecule is CC(C)CN(C)C(=O)C1CCNC1. The van der Waals surface area contributed by atoms with Crippen LogP contribution in [-0.2, 0) is 4.79 Å². The molecule has 3 nitrogen and oxygen atoms in total. The van der Waals surface area contributed by atoms with Gasteiger partial charge in [0, 0.05) is 20.1 Å². The number of amides is 1. The van der Waals surface area contributed by atoms with Crippen LogP contribution < -0.4 is 5.32 Å².